The second-order valence-electron chi connectivity index (χ2n) is 13.4. The Kier molecular flexibility index (Phi) is 11.0. The molecule has 0 bridgehead atoms. The summed E-state index contributed by atoms with van der Waals surface area (Å²) in [6, 6.07) is 83.2. The summed E-state index contributed by atoms with van der Waals surface area (Å²) in [7, 11) is -6.52. The molecule has 0 spiro atoms. The van der Waals surface area contributed by atoms with Crippen LogP contribution in [0.3, 0.4) is 0 Å². The fourth-order valence-corrected chi connectivity index (χ4v) is 14.3. The van der Waals surface area contributed by atoms with Gasteiger partial charge in [-0.05, 0) is 31.1 Å². The largest absolute Gasteiger partial charge is 0.437 e. The standard InChI is InChI=1S/C50H40N2O2Si2/c1-9-25-41(26-10-1)49(51-53-55(43-29-13-3-14-30-43,44-31-15-4-16-32-44)45-33-17-5-18-34-45)50(42-27-11-2-12-28-42)52-54-56(46-35-19-6-20-36-46,47-37-21-7-22-38-47)48-39-23-8-24-40-48/h1-40H. The molecule has 0 heterocycles. The summed E-state index contributed by atoms with van der Waals surface area (Å²) in [5.41, 5.74) is 2.83. The van der Waals surface area contributed by atoms with Crippen LogP contribution in [-0.4, -0.2) is 28.1 Å². The Bertz CT molecular complexity index is 2120. The molecule has 0 N–H and O–H groups in total. The molecule has 8 aromatic rings. The van der Waals surface area contributed by atoms with Gasteiger partial charge in [0, 0.05) is 11.1 Å². The Morgan fingerprint density at radius 2 is 0.429 bits per heavy atom. The first-order valence-corrected chi connectivity index (χ1v) is 22.6. The van der Waals surface area contributed by atoms with Gasteiger partial charge < -0.3 is 9.05 Å². The van der Waals surface area contributed by atoms with Gasteiger partial charge in [0.25, 0.3) is 0 Å². The van der Waals surface area contributed by atoms with Crippen molar-refractivity contribution >= 4 is 59.2 Å². The highest BCUT2D eigenvalue weighted by Gasteiger charge is 2.46. The van der Waals surface area contributed by atoms with Crippen LogP contribution in [0.1, 0.15) is 11.1 Å². The van der Waals surface area contributed by atoms with Crippen molar-refractivity contribution in [3.05, 3.63) is 254 Å². The van der Waals surface area contributed by atoms with Crippen LogP contribution in [0, 0.1) is 0 Å². The maximum absolute atomic E-state index is 7.29. The van der Waals surface area contributed by atoms with E-state index in [9.17, 15) is 0 Å². The van der Waals surface area contributed by atoms with E-state index in [-0.39, 0.29) is 0 Å². The zero-order chi connectivity index (χ0) is 37.9. The van der Waals surface area contributed by atoms with Gasteiger partial charge in [-0.1, -0.05) is 253 Å². The molecule has 0 radical (unpaired) electrons. The molecule has 270 valence electrons. The van der Waals surface area contributed by atoms with Crippen LogP contribution in [0.4, 0.5) is 0 Å². The number of rotatable bonds is 13. The Labute approximate surface area is 330 Å². The molecule has 0 atom stereocenters. The summed E-state index contributed by atoms with van der Waals surface area (Å²) < 4.78 is 14.6. The Morgan fingerprint density at radius 1 is 0.250 bits per heavy atom. The lowest BCUT2D eigenvalue weighted by atomic mass is 10.0. The van der Waals surface area contributed by atoms with Gasteiger partial charge in [0.1, 0.15) is 11.4 Å². The average molecular weight is 757 g/mol. The van der Waals surface area contributed by atoms with Gasteiger partial charge in [0.15, 0.2) is 0 Å². The summed E-state index contributed by atoms with van der Waals surface area (Å²) in [4.78, 5) is 0. The molecule has 0 aliphatic carbocycles. The van der Waals surface area contributed by atoms with E-state index in [1.54, 1.807) is 0 Å². The average Bonchev–Trinajstić information content (AvgIpc) is 3.30. The molecule has 0 fully saturated rings. The lowest BCUT2D eigenvalue weighted by molar-refractivity contribution is 0.344. The predicted molar refractivity (Wildman–Crippen MR) is 236 cm³/mol. The van der Waals surface area contributed by atoms with Gasteiger partial charge >= 0.3 is 16.6 Å². The van der Waals surface area contributed by atoms with E-state index < -0.39 is 16.6 Å². The van der Waals surface area contributed by atoms with Gasteiger partial charge in [0.05, 0.1) is 0 Å². The van der Waals surface area contributed by atoms with Crippen molar-refractivity contribution in [2.45, 2.75) is 0 Å². The molecule has 0 saturated carbocycles. The van der Waals surface area contributed by atoms with Crippen molar-refractivity contribution in [1.29, 1.82) is 0 Å². The summed E-state index contributed by atoms with van der Waals surface area (Å²) in [5.74, 6) is 0. The number of oxime groups is 2. The Hall–Kier alpha value is -6.87. The first-order valence-electron chi connectivity index (χ1n) is 18.8. The number of hydrogen-bond acceptors (Lipinski definition) is 4. The molecular weight excluding hydrogens is 717 g/mol. The molecule has 0 saturated heterocycles. The number of hydrogen-bond donors (Lipinski definition) is 0. The summed E-state index contributed by atoms with van der Waals surface area (Å²) in [6.07, 6.45) is 0. The van der Waals surface area contributed by atoms with E-state index in [1.807, 2.05) is 97.1 Å². The minimum absolute atomic E-state index is 0.563. The minimum Gasteiger partial charge on any atom is -0.437 e. The third-order valence-electron chi connectivity index (χ3n) is 9.95. The highest BCUT2D eigenvalue weighted by molar-refractivity contribution is 7.07. The molecule has 0 amide bonds. The lowest BCUT2D eigenvalue weighted by Crippen LogP contribution is -2.68. The van der Waals surface area contributed by atoms with Gasteiger partial charge in [-0.3, -0.25) is 0 Å². The van der Waals surface area contributed by atoms with Crippen LogP contribution >= 0.6 is 0 Å². The Morgan fingerprint density at radius 3 is 0.625 bits per heavy atom. The van der Waals surface area contributed by atoms with Crippen molar-refractivity contribution in [2.24, 2.45) is 10.3 Å². The molecule has 8 aromatic carbocycles. The fourth-order valence-electron chi connectivity index (χ4n) is 7.24. The molecule has 8 rings (SSSR count). The monoisotopic (exact) mass is 756 g/mol. The van der Waals surface area contributed by atoms with Crippen molar-refractivity contribution in [3.8, 4) is 0 Å². The van der Waals surface area contributed by atoms with Crippen molar-refractivity contribution in [2.75, 3.05) is 0 Å². The first-order chi connectivity index (χ1) is 27.8. The zero-order valence-electron chi connectivity index (χ0n) is 30.8. The zero-order valence-corrected chi connectivity index (χ0v) is 32.8. The highest BCUT2D eigenvalue weighted by atomic mass is 28.4. The topological polar surface area (TPSA) is 43.2 Å². The van der Waals surface area contributed by atoms with E-state index in [0.29, 0.717) is 11.4 Å². The van der Waals surface area contributed by atoms with Crippen LogP contribution in [0.2, 0.25) is 0 Å². The van der Waals surface area contributed by atoms with E-state index in [2.05, 4.69) is 146 Å². The molecule has 0 unspecified atom stereocenters. The third-order valence-corrected chi connectivity index (χ3v) is 17.6. The van der Waals surface area contributed by atoms with Crippen molar-refractivity contribution < 1.29 is 9.05 Å². The maximum Gasteiger partial charge on any atom is 0.380 e. The normalized spacial score (nSPS) is 12.1. The second-order valence-corrected chi connectivity index (χ2v) is 19.9. The SMILES string of the molecule is c1ccc(C(=NO[Si](c2ccccc2)(c2ccccc2)c2ccccc2)C(=NO[Si](c2ccccc2)(c2ccccc2)c2ccccc2)c2ccccc2)cc1. The molecule has 4 nitrogen and oxygen atoms in total. The minimum atomic E-state index is -3.26. The van der Waals surface area contributed by atoms with Gasteiger partial charge in [-0.15, -0.1) is 0 Å². The highest BCUT2D eigenvalue weighted by Crippen LogP contribution is 2.18. The Balaban J connectivity index is 1.39. The summed E-state index contributed by atoms with van der Waals surface area (Å²) in [5, 5.41) is 17.0. The van der Waals surface area contributed by atoms with Crippen LogP contribution in [0.5, 0.6) is 0 Å². The lowest BCUT2D eigenvalue weighted by Gasteiger charge is -2.31. The molecule has 0 aliphatic rings. The molecule has 0 aliphatic heterocycles. The second kappa shape index (κ2) is 17.1. The van der Waals surface area contributed by atoms with Crippen LogP contribution in [0.15, 0.2) is 253 Å². The predicted octanol–water partition coefficient (Wildman–Crippen LogP) is 7.16. The van der Waals surface area contributed by atoms with E-state index >= 15 is 0 Å². The van der Waals surface area contributed by atoms with Gasteiger partial charge in [-0.25, -0.2) is 0 Å². The molecule has 6 heteroatoms. The summed E-state index contributed by atoms with van der Waals surface area (Å²) >= 11 is 0. The van der Waals surface area contributed by atoms with Crippen molar-refractivity contribution in [3.63, 3.8) is 0 Å². The van der Waals surface area contributed by atoms with Gasteiger partial charge in [0.2, 0.25) is 0 Å². The molecule has 56 heavy (non-hydrogen) atoms. The quantitative estimate of drug-likeness (QED) is 0.0543. The molecular formula is C50H40N2O2Si2. The fraction of sp³-hybridized carbons (Fsp3) is 0. The first kappa shape index (κ1) is 36.1. The molecule has 0 aromatic heterocycles. The van der Waals surface area contributed by atoms with Crippen LogP contribution in [-0.2, 0) is 9.05 Å². The summed E-state index contributed by atoms with van der Waals surface area (Å²) in [6.45, 7) is 0. The smallest absolute Gasteiger partial charge is 0.380 e. The van der Waals surface area contributed by atoms with Gasteiger partial charge in [-0.2, -0.15) is 0 Å². The van der Waals surface area contributed by atoms with Crippen LogP contribution in [0.25, 0.3) is 0 Å². The van der Waals surface area contributed by atoms with E-state index in [0.717, 1.165) is 42.2 Å². The van der Waals surface area contributed by atoms with Crippen LogP contribution < -0.4 is 31.1 Å². The number of benzene rings is 8. The van der Waals surface area contributed by atoms with Crippen molar-refractivity contribution in [1.82, 2.24) is 0 Å². The maximum atomic E-state index is 7.29. The van der Waals surface area contributed by atoms with E-state index in [1.165, 1.54) is 0 Å². The number of nitrogens with zero attached hydrogens (tertiary/aromatic N) is 2. The third kappa shape index (κ3) is 7.31. The van der Waals surface area contributed by atoms with E-state index in [4.69, 9.17) is 19.4 Å².